The van der Waals surface area contributed by atoms with Gasteiger partial charge in [-0.15, -0.1) is 0 Å². The zero-order valence-corrected chi connectivity index (χ0v) is 14.9. The molecule has 0 aliphatic carbocycles. The van der Waals surface area contributed by atoms with E-state index in [0.717, 1.165) is 5.56 Å². The summed E-state index contributed by atoms with van der Waals surface area (Å²) in [6.45, 7) is 0.108. The second kappa shape index (κ2) is 6.90. The number of carbonyl (C=O) groups excluding carboxylic acids is 2. The first-order chi connectivity index (χ1) is 12.9. The smallest absolute Gasteiger partial charge is 0.241 e. The Morgan fingerprint density at radius 3 is 2.78 bits per heavy atom. The van der Waals surface area contributed by atoms with E-state index in [9.17, 15) is 14.0 Å². The van der Waals surface area contributed by atoms with Crippen LogP contribution in [-0.4, -0.2) is 30.6 Å². The van der Waals surface area contributed by atoms with Crippen molar-refractivity contribution in [2.24, 2.45) is 0 Å². The second-order valence-electron chi connectivity index (χ2n) is 6.64. The fraction of sp³-hybridized carbons (Fsp3) is 0.263. The molecular weight excluding hydrogens is 376 g/mol. The quantitative estimate of drug-likeness (QED) is 0.752. The first-order valence-electron chi connectivity index (χ1n) is 8.52. The van der Waals surface area contributed by atoms with Crippen LogP contribution in [0.15, 0.2) is 30.3 Å². The van der Waals surface area contributed by atoms with E-state index < -0.39 is 23.9 Å². The maximum atomic E-state index is 15.0. The molecule has 5 nitrogen and oxygen atoms in total. The highest BCUT2D eigenvalue weighted by Gasteiger charge is 2.30. The van der Waals surface area contributed by atoms with E-state index in [1.807, 2.05) is 0 Å². The second-order valence-corrected chi connectivity index (χ2v) is 7.01. The Labute approximate surface area is 159 Å². The lowest BCUT2D eigenvalue weighted by Crippen LogP contribution is -2.35. The summed E-state index contributed by atoms with van der Waals surface area (Å²) < 4.78 is 28.3. The van der Waals surface area contributed by atoms with Crippen LogP contribution >= 0.6 is 11.6 Å². The summed E-state index contributed by atoms with van der Waals surface area (Å²) in [5.41, 5.74) is 1.84. The van der Waals surface area contributed by atoms with Crippen molar-refractivity contribution in [2.45, 2.75) is 25.1 Å². The largest absolute Gasteiger partial charge is 0.324 e. The van der Waals surface area contributed by atoms with Gasteiger partial charge in [-0.05, 0) is 11.6 Å². The molecule has 3 N–H and O–H groups in total. The fourth-order valence-electron chi connectivity index (χ4n) is 3.41. The minimum Gasteiger partial charge on any atom is -0.324 e. The lowest BCUT2D eigenvalue weighted by molar-refractivity contribution is -0.118. The summed E-state index contributed by atoms with van der Waals surface area (Å²) >= 11 is 6.38. The van der Waals surface area contributed by atoms with Crippen LogP contribution in [0.4, 0.5) is 20.2 Å². The van der Waals surface area contributed by atoms with E-state index in [-0.39, 0.29) is 41.6 Å². The van der Waals surface area contributed by atoms with Gasteiger partial charge in [0.1, 0.15) is 6.17 Å². The molecule has 0 aromatic heterocycles. The molecule has 1 saturated heterocycles. The molecule has 0 saturated carbocycles. The van der Waals surface area contributed by atoms with Gasteiger partial charge in [-0.25, -0.2) is 8.78 Å². The molecular formula is C19H16ClF2N3O2. The summed E-state index contributed by atoms with van der Waals surface area (Å²) in [6, 6.07) is 7.25. The van der Waals surface area contributed by atoms with E-state index in [4.69, 9.17) is 11.6 Å². The molecule has 2 amide bonds. The SMILES string of the molecule is O=C1Cc2ccc(-c3cccc(NC(=O)[C@@H]4C[C@@H](F)CN4)c3F)c(Cl)c2N1. The Morgan fingerprint density at radius 2 is 2.04 bits per heavy atom. The zero-order valence-electron chi connectivity index (χ0n) is 14.1. The van der Waals surface area contributed by atoms with Crippen LogP contribution in [0, 0.1) is 5.82 Å². The standard InChI is InChI=1S/C19H16ClF2N3O2/c20-16-11(5-4-9-6-15(26)25-18(9)16)12-2-1-3-13(17(12)22)24-19(27)14-7-10(21)8-23-14/h1-5,10,14,23H,6-8H2,(H,24,27)(H,25,26)/t10-,14+/m1/s1. The average molecular weight is 392 g/mol. The van der Waals surface area contributed by atoms with E-state index in [1.165, 1.54) is 6.07 Å². The maximum absolute atomic E-state index is 15.0. The highest BCUT2D eigenvalue weighted by molar-refractivity contribution is 6.37. The van der Waals surface area contributed by atoms with Gasteiger partial charge in [-0.2, -0.15) is 0 Å². The number of rotatable bonds is 3. The number of halogens is 3. The molecule has 2 aromatic rings. The van der Waals surface area contributed by atoms with Crippen molar-refractivity contribution < 1.29 is 18.4 Å². The molecule has 8 heteroatoms. The van der Waals surface area contributed by atoms with Crippen molar-refractivity contribution in [3.8, 4) is 11.1 Å². The summed E-state index contributed by atoms with van der Waals surface area (Å²) in [7, 11) is 0. The van der Waals surface area contributed by atoms with Crippen LogP contribution in [0.25, 0.3) is 11.1 Å². The third kappa shape index (κ3) is 3.28. The van der Waals surface area contributed by atoms with E-state index in [2.05, 4.69) is 16.0 Å². The van der Waals surface area contributed by atoms with E-state index in [0.29, 0.717) is 11.3 Å². The van der Waals surface area contributed by atoms with Crippen LogP contribution in [-0.2, 0) is 16.0 Å². The highest BCUT2D eigenvalue weighted by atomic mass is 35.5. The van der Waals surface area contributed by atoms with Gasteiger partial charge in [0.25, 0.3) is 0 Å². The lowest BCUT2D eigenvalue weighted by Gasteiger charge is -2.15. The van der Waals surface area contributed by atoms with Crippen LogP contribution in [0.1, 0.15) is 12.0 Å². The number of hydrogen-bond donors (Lipinski definition) is 3. The van der Waals surface area contributed by atoms with Gasteiger partial charge in [0.15, 0.2) is 5.82 Å². The predicted molar refractivity (Wildman–Crippen MR) is 99.1 cm³/mol. The number of benzene rings is 2. The average Bonchev–Trinajstić information content (AvgIpc) is 3.23. The van der Waals surface area contributed by atoms with Crippen molar-refractivity contribution in [3.63, 3.8) is 0 Å². The topological polar surface area (TPSA) is 70.2 Å². The normalized spacial score (nSPS) is 21.1. The lowest BCUT2D eigenvalue weighted by atomic mass is 10.0. The third-order valence-electron chi connectivity index (χ3n) is 4.78. The van der Waals surface area contributed by atoms with Crippen molar-refractivity contribution >= 4 is 34.8 Å². The molecule has 0 unspecified atom stereocenters. The summed E-state index contributed by atoms with van der Waals surface area (Å²) in [6.07, 6.45) is -0.793. The van der Waals surface area contributed by atoms with Crippen LogP contribution in [0.5, 0.6) is 0 Å². The van der Waals surface area contributed by atoms with E-state index in [1.54, 1.807) is 24.3 Å². The van der Waals surface area contributed by atoms with Gasteiger partial charge < -0.3 is 16.0 Å². The van der Waals surface area contributed by atoms with E-state index >= 15 is 4.39 Å². The van der Waals surface area contributed by atoms with Gasteiger partial charge >= 0.3 is 0 Å². The Balaban J connectivity index is 1.64. The molecule has 0 spiro atoms. The van der Waals surface area contributed by atoms with Gasteiger partial charge in [0.05, 0.1) is 28.9 Å². The number of carbonyl (C=O) groups is 2. The number of amides is 2. The first-order valence-corrected chi connectivity index (χ1v) is 8.90. The minimum absolute atomic E-state index is 0.0118. The van der Waals surface area contributed by atoms with Crippen molar-refractivity contribution in [1.29, 1.82) is 0 Å². The van der Waals surface area contributed by atoms with Crippen LogP contribution in [0.2, 0.25) is 5.02 Å². The minimum atomic E-state index is -1.09. The molecule has 0 radical (unpaired) electrons. The fourth-order valence-corrected chi connectivity index (χ4v) is 3.75. The molecule has 2 heterocycles. The number of anilines is 2. The van der Waals surface area contributed by atoms with Crippen molar-refractivity contribution in [1.82, 2.24) is 5.32 Å². The highest BCUT2D eigenvalue weighted by Crippen LogP contribution is 2.40. The Morgan fingerprint density at radius 1 is 1.22 bits per heavy atom. The van der Waals surface area contributed by atoms with Gasteiger partial charge in [0.2, 0.25) is 11.8 Å². The molecule has 1 fully saturated rings. The molecule has 2 aliphatic heterocycles. The van der Waals surface area contributed by atoms with Crippen molar-refractivity contribution in [2.75, 3.05) is 17.2 Å². The number of alkyl halides is 1. The number of fused-ring (bicyclic) bond motifs is 1. The van der Waals surface area contributed by atoms with Gasteiger partial charge in [0, 0.05) is 24.1 Å². The number of hydrogen-bond acceptors (Lipinski definition) is 3. The van der Waals surface area contributed by atoms with Gasteiger partial charge in [-0.3, -0.25) is 9.59 Å². The molecule has 140 valence electrons. The number of nitrogens with one attached hydrogen (secondary N) is 3. The van der Waals surface area contributed by atoms with Crippen molar-refractivity contribution in [3.05, 3.63) is 46.7 Å². The van der Waals surface area contributed by atoms with Crippen LogP contribution in [0.3, 0.4) is 0 Å². The maximum Gasteiger partial charge on any atom is 0.241 e. The Kier molecular flexibility index (Phi) is 4.57. The Hall–Kier alpha value is -2.51. The molecule has 2 aliphatic rings. The van der Waals surface area contributed by atoms with Crippen LogP contribution < -0.4 is 16.0 Å². The zero-order chi connectivity index (χ0) is 19.1. The predicted octanol–water partition coefficient (Wildman–Crippen LogP) is 3.28. The molecule has 4 rings (SSSR count). The first kappa shape index (κ1) is 17.9. The molecule has 2 aromatic carbocycles. The third-order valence-corrected chi connectivity index (χ3v) is 5.18. The summed E-state index contributed by atoms with van der Waals surface area (Å²) in [4.78, 5) is 23.8. The Bertz CT molecular complexity index is 951. The summed E-state index contributed by atoms with van der Waals surface area (Å²) in [5.74, 6) is -1.30. The molecule has 2 atom stereocenters. The molecule has 27 heavy (non-hydrogen) atoms. The monoisotopic (exact) mass is 391 g/mol. The van der Waals surface area contributed by atoms with Gasteiger partial charge in [-0.1, -0.05) is 35.9 Å². The summed E-state index contributed by atoms with van der Waals surface area (Å²) in [5, 5.41) is 8.19. The molecule has 0 bridgehead atoms.